The van der Waals surface area contributed by atoms with Gasteiger partial charge in [-0.05, 0) is 29.6 Å². The van der Waals surface area contributed by atoms with E-state index < -0.39 is 11.7 Å². The Balaban J connectivity index is 2.21. The van der Waals surface area contributed by atoms with Crippen LogP contribution in [0.2, 0.25) is 0 Å². The lowest BCUT2D eigenvalue weighted by Crippen LogP contribution is -2.16. The molecule has 0 radical (unpaired) electrons. The first-order valence-corrected chi connectivity index (χ1v) is 6.16. The van der Waals surface area contributed by atoms with E-state index in [9.17, 15) is 13.3 Å². The molecule has 6 heteroatoms. The first-order chi connectivity index (χ1) is 8.13. The number of alkyl halides is 2. The van der Waals surface area contributed by atoms with Crippen molar-refractivity contribution in [1.82, 2.24) is 5.32 Å². The van der Waals surface area contributed by atoms with Crippen LogP contribution in [0.1, 0.15) is 12.0 Å². The Hall–Kier alpha value is -0.720. The van der Waals surface area contributed by atoms with E-state index in [1.54, 1.807) is 12.1 Å². The molecule has 0 aliphatic carbocycles. The van der Waals surface area contributed by atoms with Crippen LogP contribution >= 0.6 is 11.8 Å². The van der Waals surface area contributed by atoms with E-state index in [1.165, 1.54) is 23.9 Å². The van der Waals surface area contributed by atoms with Gasteiger partial charge in [0.05, 0.1) is 5.56 Å². The third-order valence-corrected chi connectivity index (χ3v) is 3.95. The molecule has 1 heterocycles. The normalized spacial score (nSPS) is 20.8. The highest BCUT2D eigenvalue weighted by Crippen LogP contribution is 2.38. The van der Waals surface area contributed by atoms with E-state index in [-0.39, 0.29) is 5.25 Å². The summed E-state index contributed by atoms with van der Waals surface area (Å²) in [5, 5.41) is 3.39. The molecular weight excluding hydrogens is 251 g/mol. The zero-order chi connectivity index (χ0) is 12.3. The maximum absolute atomic E-state index is 13.2. The van der Waals surface area contributed by atoms with Crippen LogP contribution in [0.4, 0.5) is 13.3 Å². The summed E-state index contributed by atoms with van der Waals surface area (Å²) in [6.45, 7) is 1.66. The van der Waals surface area contributed by atoms with Crippen LogP contribution < -0.4 is 5.32 Å². The SMILES string of the molecule is FOC(F)(F)c1ccccc1SC1CCNC1. The molecule has 2 rings (SSSR count). The lowest BCUT2D eigenvalue weighted by atomic mass is 10.2. The number of hydrogen-bond acceptors (Lipinski definition) is 3. The Bertz CT molecular complexity index is 383. The minimum Gasteiger partial charge on any atom is -0.316 e. The highest BCUT2D eigenvalue weighted by Gasteiger charge is 2.37. The van der Waals surface area contributed by atoms with Crippen molar-refractivity contribution in [3.05, 3.63) is 29.8 Å². The standard InChI is InChI=1S/C11H12F3NOS/c12-11(13,16-14)9-3-1-2-4-10(9)17-8-5-6-15-7-8/h1-4,8,15H,5-7H2. The Labute approximate surface area is 101 Å². The zero-order valence-corrected chi connectivity index (χ0v) is 9.77. The van der Waals surface area contributed by atoms with Crippen molar-refractivity contribution in [2.75, 3.05) is 13.1 Å². The third-order valence-electron chi connectivity index (χ3n) is 2.61. The average molecular weight is 263 g/mol. The number of halogens is 3. The third kappa shape index (κ3) is 2.94. The van der Waals surface area contributed by atoms with Gasteiger partial charge >= 0.3 is 6.11 Å². The molecule has 1 aromatic carbocycles. The summed E-state index contributed by atoms with van der Waals surface area (Å²) < 4.78 is 38.3. The molecule has 1 N–H and O–H groups in total. The molecule has 0 aromatic heterocycles. The van der Waals surface area contributed by atoms with Gasteiger partial charge in [0.1, 0.15) is 0 Å². The predicted molar refractivity (Wildman–Crippen MR) is 59.7 cm³/mol. The monoisotopic (exact) mass is 263 g/mol. The smallest absolute Gasteiger partial charge is 0.316 e. The molecular formula is C11H12F3NOS. The van der Waals surface area contributed by atoms with Crippen LogP contribution in [0.15, 0.2) is 29.2 Å². The first kappa shape index (κ1) is 12.7. The van der Waals surface area contributed by atoms with Crippen LogP contribution in [0.25, 0.3) is 0 Å². The molecule has 1 saturated heterocycles. The summed E-state index contributed by atoms with van der Waals surface area (Å²) in [5.41, 5.74) is -0.417. The number of nitrogens with one attached hydrogen (secondary N) is 1. The summed E-state index contributed by atoms with van der Waals surface area (Å²) in [6, 6.07) is 5.84. The van der Waals surface area contributed by atoms with Crippen molar-refractivity contribution in [2.24, 2.45) is 0 Å². The number of rotatable bonds is 4. The van der Waals surface area contributed by atoms with Gasteiger partial charge in [-0.3, -0.25) is 0 Å². The van der Waals surface area contributed by atoms with E-state index in [2.05, 4.69) is 10.3 Å². The summed E-state index contributed by atoms with van der Waals surface area (Å²) in [4.78, 5) is 3.13. The molecule has 1 aromatic rings. The fraction of sp³-hybridized carbons (Fsp3) is 0.455. The molecule has 1 aliphatic rings. The van der Waals surface area contributed by atoms with E-state index in [4.69, 9.17) is 0 Å². The van der Waals surface area contributed by atoms with Gasteiger partial charge in [0.2, 0.25) is 0 Å². The van der Waals surface area contributed by atoms with E-state index >= 15 is 0 Å². The quantitative estimate of drug-likeness (QED) is 0.902. The maximum atomic E-state index is 13.2. The molecule has 1 atom stereocenters. The van der Waals surface area contributed by atoms with Gasteiger partial charge in [0.15, 0.2) is 0 Å². The maximum Gasteiger partial charge on any atom is 0.414 e. The second-order valence-corrected chi connectivity index (χ2v) is 5.16. The van der Waals surface area contributed by atoms with Crippen molar-refractivity contribution in [3.63, 3.8) is 0 Å². The zero-order valence-electron chi connectivity index (χ0n) is 8.96. The second-order valence-electron chi connectivity index (χ2n) is 3.82. The topological polar surface area (TPSA) is 21.3 Å². The number of hydrogen-bond donors (Lipinski definition) is 1. The number of benzene rings is 1. The Morgan fingerprint density at radius 2 is 2.12 bits per heavy atom. The minimum atomic E-state index is -3.88. The lowest BCUT2D eigenvalue weighted by Gasteiger charge is -2.16. The van der Waals surface area contributed by atoms with Gasteiger partial charge in [-0.15, -0.1) is 16.7 Å². The largest absolute Gasteiger partial charge is 0.414 e. The molecule has 1 unspecified atom stereocenters. The van der Waals surface area contributed by atoms with E-state index in [0.717, 1.165) is 19.5 Å². The van der Waals surface area contributed by atoms with Crippen LogP contribution in [-0.2, 0) is 11.1 Å². The van der Waals surface area contributed by atoms with Crippen molar-refractivity contribution in [1.29, 1.82) is 0 Å². The summed E-state index contributed by atoms with van der Waals surface area (Å²) in [5.74, 6) is 0. The minimum absolute atomic E-state index is 0.242. The highest BCUT2D eigenvalue weighted by atomic mass is 32.2. The molecule has 0 saturated carbocycles. The number of thioether (sulfide) groups is 1. The first-order valence-electron chi connectivity index (χ1n) is 5.28. The fourth-order valence-electron chi connectivity index (χ4n) is 1.76. The van der Waals surface area contributed by atoms with Gasteiger partial charge in [-0.1, -0.05) is 12.1 Å². The van der Waals surface area contributed by atoms with Gasteiger partial charge in [-0.25, -0.2) is 0 Å². The van der Waals surface area contributed by atoms with Crippen LogP contribution in [0, 0.1) is 0 Å². The lowest BCUT2D eigenvalue weighted by molar-refractivity contribution is -0.365. The van der Waals surface area contributed by atoms with E-state index in [1.807, 2.05) is 0 Å². The summed E-state index contributed by atoms with van der Waals surface area (Å²) >= 11 is 1.33. The Morgan fingerprint density at radius 3 is 2.76 bits per heavy atom. The van der Waals surface area contributed by atoms with Crippen LogP contribution in [-0.4, -0.2) is 18.3 Å². The molecule has 0 spiro atoms. The second kappa shape index (κ2) is 5.29. The molecule has 0 bridgehead atoms. The highest BCUT2D eigenvalue weighted by molar-refractivity contribution is 8.00. The molecule has 94 valence electrons. The van der Waals surface area contributed by atoms with Gasteiger partial charge in [-0.2, -0.15) is 8.78 Å². The van der Waals surface area contributed by atoms with Crippen molar-refractivity contribution in [2.45, 2.75) is 22.7 Å². The van der Waals surface area contributed by atoms with Crippen molar-refractivity contribution >= 4 is 11.8 Å². The Morgan fingerprint density at radius 1 is 1.35 bits per heavy atom. The fourth-order valence-corrected chi connectivity index (χ4v) is 3.03. The van der Waals surface area contributed by atoms with Crippen molar-refractivity contribution in [3.8, 4) is 0 Å². The van der Waals surface area contributed by atoms with Crippen LogP contribution in [0.5, 0.6) is 0 Å². The average Bonchev–Trinajstić information content (AvgIpc) is 2.82. The molecule has 2 nitrogen and oxygen atoms in total. The molecule has 17 heavy (non-hydrogen) atoms. The van der Waals surface area contributed by atoms with Crippen LogP contribution in [0.3, 0.4) is 0 Å². The summed E-state index contributed by atoms with van der Waals surface area (Å²) in [7, 11) is 0. The molecule has 1 aliphatic heterocycles. The molecule has 0 amide bonds. The van der Waals surface area contributed by atoms with Crippen molar-refractivity contribution < 1.29 is 18.2 Å². The molecule has 1 fully saturated rings. The Kier molecular flexibility index (Phi) is 3.96. The van der Waals surface area contributed by atoms with Gasteiger partial charge in [0.25, 0.3) is 0 Å². The predicted octanol–water partition coefficient (Wildman–Crippen LogP) is 3.09. The van der Waals surface area contributed by atoms with E-state index in [0.29, 0.717) is 4.90 Å². The van der Waals surface area contributed by atoms with Gasteiger partial charge < -0.3 is 5.32 Å². The summed E-state index contributed by atoms with van der Waals surface area (Å²) in [6.07, 6.45) is -2.96. The van der Waals surface area contributed by atoms with Gasteiger partial charge in [0, 0.05) is 16.7 Å².